The summed E-state index contributed by atoms with van der Waals surface area (Å²) in [5.74, 6) is 0. The van der Waals surface area contributed by atoms with Crippen LogP contribution >= 0.6 is 15.9 Å². The number of aromatic nitrogens is 2. The van der Waals surface area contributed by atoms with Crippen molar-refractivity contribution in [1.82, 2.24) is 9.55 Å². The van der Waals surface area contributed by atoms with Crippen LogP contribution in [0.5, 0.6) is 0 Å². The van der Waals surface area contributed by atoms with E-state index in [1.807, 2.05) is 12.4 Å². The minimum absolute atomic E-state index is 0.337. The molecular formula is C14H19BrN2. The minimum atomic E-state index is 0.337. The molecule has 2 nitrogen and oxygen atoms in total. The molecule has 17 heavy (non-hydrogen) atoms. The van der Waals surface area contributed by atoms with Crippen LogP contribution < -0.4 is 0 Å². The maximum absolute atomic E-state index is 4.45. The summed E-state index contributed by atoms with van der Waals surface area (Å²) in [4.78, 5) is 4.45. The van der Waals surface area contributed by atoms with Gasteiger partial charge in [0.2, 0.25) is 0 Å². The molecule has 0 fully saturated rings. The topological polar surface area (TPSA) is 17.8 Å². The van der Waals surface area contributed by atoms with Crippen molar-refractivity contribution in [2.24, 2.45) is 5.41 Å². The standard InChI is InChI=1S/C14H19BrN2/c1-3-14(4-2,9-15)10-17-11-16-12-7-5-6-8-13(12)17/h5-8,11H,3-4,9-10H2,1-2H3. The third kappa shape index (κ3) is 2.39. The maximum atomic E-state index is 4.45. The van der Waals surface area contributed by atoms with E-state index >= 15 is 0 Å². The Bertz CT molecular complexity index is 477. The molecule has 0 unspecified atom stereocenters. The van der Waals surface area contributed by atoms with E-state index in [2.05, 4.69) is 57.5 Å². The molecule has 0 spiro atoms. The average Bonchev–Trinajstić information content (AvgIpc) is 2.79. The summed E-state index contributed by atoms with van der Waals surface area (Å²) in [5.41, 5.74) is 2.66. The van der Waals surface area contributed by atoms with Crippen molar-refractivity contribution in [3.8, 4) is 0 Å². The van der Waals surface area contributed by atoms with E-state index in [1.54, 1.807) is 0 Å². The number of hydrogen-bond acceptors (Lipinski definition) is 1. The van der Waals surface area contributed by atoms with Crippen LogP contribution in [0.25, 0.3) is 11.0 Å². The fourth-order valence-electron chi connectivity index (χ4n) is 2.20. The van der Waals surface area contributed by atoms with E-state index in [4.69, 9.17) is 0 Å². The molecule has 0 saturated carbocycles. The summed E-state index contributed by atoms with van der Waals surface area (Å²) in [6.45, 7) is 5.57. The quantitative estimate of drug-likeness (QED) is 0.754. The van der Waals surface area contributed by atoms with E-state index in [9.17, 15) is 0 Å². The number of rotatable bonds is 5. The number of fused-ring (bicyclic) bond motifs is 1. The number of benzene rings is 1. The lowest BCUT2D eigenvalue weighted by atomic mass is 9.84. The molecule has 0 aliphatic heterocycles. The van der Waals surface area contributed by atoms with Crippen molar-refractivity contribution in [2.75, 3.05) is 5.33 Å². The number of imidazole rings is 1. The van der Waals surface area contributed by atoms with Gasteiger partial charge in [-0.15, -0.1) is 0 Å². The zero-order valence-electron chi connectivity index (χ0n) is 10.5. The monoisotopic (exact) mass is 294 g/mol. The van der Waals surface area contributed by atoms with Crippen molar-refractivity contribution in [3.05, 3.63) is 30.6 Å². The van der Waals surface area contributed by atoms with E-state index in [0.29, 0.717) is 5.41 Å². The Labute approximate surface area is 111 Å². The third-order valence-corrected chi connectivity index (χ3v) is 5.01. The van der Waals surface area contributed by atoms with E-state index < -0.39 is 0 Å². The predicted molar refractivity (Wildman–Crippen MR) is 76.5 cm³/mol. The Morgan fingerprint density at radius 1 is 1.24 bits per heavy atom. The molecule has 0 saturated heterocycles. The molecule has 0 N–H and O–H groups in total. The summed E-state index contributed by atoms with van der Waals surface area (Å²) in [6, 6.07) is 8.33. The second-order valence-electron chi connectivity index (χ2n) is 4.70. The van der Waals surface area contributed by atoms with Crippen molar-refractivity contribution < 1.29 is 0 Å². The van der Waals surface area contributed by atoms with Gasteiger partial charge in [0.15, 0.2) is 0 Å². The lowest BCUT2D eigenvalue weighted by molar-refractivity contribution is 0.263. The summed E-state index contributed by atoms with van der Waals surface area (Å²) in [7, 11) is 0. The van der Waals surface area contributed by atoms with Crippen LogP contribution in [0.15, 0.2) is 30.6 Å². The van der Waals surface area contributed by atoms with Crippen LogP contribution in [-0.4, -0.2) is 14.9 Å². The van der Waals surface area contributed by atoms with E-state index in [-0.39, 0.29) is 0 Å². The molecule has 0 aliphatic rings. The number of alkyl halides is 1. The van der Waals surface area contributed by atoms with Crippen LogP contribution in [0.4, 0.5) is 0 Å². The highest BCUT2D eigenvalue weighted by atomic mass is 79.9. The van der Waals surface area contributed by atoms with E-state index in [1.165, 1.54) is 18.4 Å². The summed E-state index contributed by atoms with van der Waals surface area (Å²) in [5, 5.41) is 1.04. The van der Waals surface area contributed by atoms with Gasteiger partial charge in [0.25, 0.3) is 0 Å². The van der Waals surface area contributed by atoms with Gasteiger partial charge in [-0.25, -0.2) is 4.98 Å². The van der Waals surface area contributed by atoms with Crippen LogP contribution in [0.1, 0.15) is 26.7 Å². The molecule has 0 aliphatic carbocycles. The Hall–Kier alpha value is -0.830. The molecule has 1 aromatic carbocycles. The maximum Gasteiger partial charge on any atom is 0.0958 e. The lowest BCUT2D eigenvalue weighted by Crippen LogP contribution is -2.26. The molecule has 1 aromatic heterocycles. The van der Waals surface area contributed by atoms with Crippen molar-refractivity contribution >= 4 is 27.0 Å². The fraction of sp³-hybridized carbons (Fsp3) is 0.500. The molecule has 92 valence electrons. The normalized spacial score (nSPS) is 12.2. The largest absolute Gasteiger partial charge is 0.330 e. The zero-order valence-corrected chi connectivity index (χ0v) is 12.1. The zero-order chi connectivity index (χ0) is 12.3. The molecule has 0 bridgehead atoms. The van der Waals surface area contributed by atoms with Crippen LogP contribution in [0, 0.1) is 5.41 Å². The highest BCUT2D eigenvalue weighted by molar-refractivity contribution is 9.09. The molecule has 0 radical (unpaired) electrons. The van der Waals surface area contributed by atoms with Gasteiger partial charge in [-0.05, 0) is 30.4 Å². The first-order valence-electron chi connectivity index (χ1n) is 6.20. The molecule has 0 amide bonds. The number of para-hydroxylation sites is 2. The molecule has 3 heteroatoms. The first-order valence-corrected chi connectivity index (χ1v) is 7.32. The molecule has 1 heterocycles. The number of halogens is 1. The Morgan fingerprint density at radius 2 is 1.94 bits per heavy atom. The Morgan fingerprint density at radius 3 is 2.59 bits per heavy atom. The highest BCUT2D eigenvalue weighted by Gasteiger charge is 2.25. The van der Waals surface area contributed by atoms with Crippen LogP contribution in [0.2, 0.25) is 0 Å². The minimum Gasteiger partial charge on any atom is -0.330 e. The van der Waals surface area contributed by atoms with Crippen molar-refractivity contribution in [1.29, 1.82) is 0 Å². The number of hydrogen-bond donors (Lipinski definition) is 0. The first-order chi connectivity index (χ1) is 8.24. The summed E-state index contributed by atoms with van der Waals surface area (Å²) < 4.78 is 2.28. The van der Waals surface area contributed by atoms with Gasteiger partial charge in [0, 0.05) is 11.9 Å². The average molecular weight is 295 g/mol. The van der Waals surface area contributed by atoms with Gasteiger partial charge >= 0.3 is 0 Å². The Balaban J connectivity index is 2.34. The SMILES string of the molecule is CCC(CC)(CBr)Cn1cnc2ccccc21. The van der Waals surface area contributed by atoms with Crippen LogP contribution in [0.3, 0.4) is 0 Å². The van der Waals surface area contributed by atoms with Gasteiger partial charge in [-0.1, -0.05) is 41.9 Å². The molecule has 2 rings (SSSR count). The van der Waals surface area contributed by atoms with Gasteiger partial charge < -0.3 is 4.57 Å². The van der Waals surface area contributed by atoms with Crippen molar-refractivity contribution in [3.63, 3.8) is 0 Å². The van der Waals surface area contributed by atoms with Crippen LogP contribution in [-0.2, 0) is 6.54 Å². The summed E-state index contributed by atoms with van der Waals surface area (Å²) in [6.07, 6.45) is 4.33. The smallest absolute Gasteiger partial charge is 0.0958 e. The van der Waals surface area contributed by atoms with Gasteiger partial charge in [0.05, 0.1) is 17.4 Å². The lowest BCUT2D eigenvalue weighted by Gasteiger charge is -2.30. The molecule has 2 aromatic rings. The fourth-order valence-corrected chi connectivity index (χ4v) is 3.17. The van der Waals surface area contributed by atoms with Crippen molar-refractivity contribution in [2.45, 2.75) is 33.2 Å². The second-order valence-corrected chi connectivity index (χ2v) is 5.26. The molecular weight excluding hydrogens is 276 g/mol. The summed E-state index contributed by atoms with van der Waals surface area (Å²) >= 11 is 3.67. The van der Waals surface area contributed by atoms with Gasteiger partial charge in [-0.3, -0.25) is 0 Å². The van der Waals surface area contributed by atoms with Gasteiger partial charge in [0.1, 0.15) is 0 Å². The first kappa shape index (κ1) is 12.6. The second kappa shape index (κ2) is 5.21. The van der Waals surface area contributed by atoms with E-state index in [0.717, 1.165) is 17.4 Å². The third-order valence-electron chi connectivity index (χ3n) is 3.82. The predicted octanol–water partition coefficient (Wildman–Crippen LogP) is 4.24. The number of nitrogens with zero attached hydrogens (tertiary/aromatic N) is 2. The Kier molecular flexibility index (Phi) is 3.87. The highest BCUT2D eigenvalue weighted by Crippen LogP contribution is 2.31. The molecule has 0 atom stereocenters. The van der Waals surface area contributed by atoms with Gasteiger partial charge in [-0.2, -0.15) is 0 Å².